The van der Waals surface area contributed by atoms with Gasteiger partial charge in [0.25, 0.3) is 0 Å². The Bertz CT molecular complexity index is 1490. The van der Waals surface area contributed by atoms with Crippen LogP contribution in [0.1, 0.15) is 23.6 Å². The molecular formula is C28H24FN3OS. The molecule has 0 atom stereocenters. The predicted octanol–water partition coefficient (Wildman–Crippen LogP) is 7.35. The quantitative estimate of drug-likeness (QED) is 0.273. The van der Waals surface area contributed by atoms with Crippen molar-refractivity contribution in [3.8, 4) is 28.1 Å². The van der Waals surface area contributed by atoms with Gasteiger partial charge in [0.2, 0.25) is 0 Å². The number of nitrogens with zero attached hydrogens (tertiary/aromatic N) is 2. The molecule has 170 valence electrons. The van der Waals surface area contributed by atoms with E-state index in [1.54, 1.807) is 30.4 Å². The van der Waals surface area contributed by atoms with Gasteiger partial charge in [-0.25, -0.2) is 9.37 Å². The lowest BCUT2D eigenvalue weighted by Crippen LogP contribution is -2.02. The summed E-state index contributed by atoms with van der Waals surface area (Å²) in [5.41, 5.74) is 9.96. The molecule has 0 amide bonds. The van der Waals surface area contributed by atoms with Crippen molar-refractivity contribution in [2.45, 2.75) is 26.8 Å². The SMILES string of the molecule is CCc1cc(CNc2cnc(-c3ccc(F)c(C)c3)c(-c3ccc4ncsc4c3)c2)ccc1O. The Morgan fingerprint density at radius 2 is 1.82 bits per heavy atom. The fraction of sp³-hybridized carbons (Fsp3) is 0.143. The van der Waals surface area contributed by atoms with Gasteiger partial charge in [0.15, 0.2) is 0 Å². The van der Waals surface area contributed by atoms with E-state index in [2.05, 4.69) is 28.5 Å². The molecule has 0 fully saturated rings. The maximum Gasteiger partial charge on any atom is 0.126 e. The van der Waals surface area contributed by atoms with E-state index in [0.717, 1.165) is 55.8 Å². The number of hydrogen-bond acceptors (Lipinski definition) is 5. The first-order valence-electron chi connectivity index (χ1n) is 11.2. The van der Waals surface area contributed by atoms with E-state index < -0.39 is 0 Å². The van der Waals surface area contributed by atoms with Crippen molar-refractivity contribution in [2.75, 3.05) is 5.32 Å². The summed E-state index contributed by atoms with van der Waals surface area (Å²) in [6, 6.07) is 19.1. The number of thiazole rings is 1. The number of anilines is 1. The van der Waals surface area contributed by atoms with Crippen molar-refractivity contribution < 1.29 is 9.50 Å². The van der Waals surface area contributed by atoms with Crippen LogP contribution < -0.4 is 5.32 Å². The number of aromatic hydroxyl groups is 1. The third-order valence-corrected chi connectivity index (χ3v) is 6.77. The molecule has 0 spiro atoms. The largest absolute Gasteiger partial charge is 0.508 e. The highest BCUT2D eigenvalue weighted by atomic mass is 32.1. The number of halogens is 1. The number of phenolic OH excluding ortho intramolecular Hbond substituents is 1. The summed E-state index contributed by atoms with van der Waals surface area (Å²) in [7, 11) is 0. The van der Waals surface area contributed by atoms with Gasteiger partial charge in [-0.15, -0.1) is 11.3 Å². The highest BCUT2D eigenvalue weighted by Gasteiger charge is 2.13. The Labute approximate surface area is 201 Å². The lowest BCUT2D eigenvalue weighted by atomic mass is 9.97. The van der Waals surface area contributed by atoms with Crippen molar-refractivity contribution in [3.05, 3.63) is 94.9 Å². The third-order valence-electron chi connectivity index (χ3n) is 5.98. The average molecular weight is 470 g/mol. The second-order valence-corrected chi connectivity index (χ2v) is 9.18. The number of fused-ring (bicyclic) bond motifs is 1. The molecular weight excluding hydrogens is 445 g/mol. The minimum atomic E-state index is -0.227. The monoisotopic (exact) mass is 469 g/mol. The molecule has 5 rings (SSSR count). The molecule has 0 aliphatic carbocycles. The average Bonchev–Trinajstić information content (AvgIpc) is 3.33. The molecule has 0 unspecified atom stereocenters. The summed E-state index contributed by atoms with van der Waals surface area (Å²) in [4.78, 5) is 9.17. The first-order valence-corrected chi connectivity index (χ1v) is 12.0. The zero-order valence-corrected chi connectivity index (χ0v) is 19.8. The first-order chi connectivity index (χ1) is 16.5. The van der Waals surface area contributed by atoms with Gasteiger partial charge in [0.05, 0.1) is 33.3 Å². The van der Waals surface area contributed by atoms with Crippen LogP contribution >= 0.6 is 11.3 Å². The van der Waals surface area contributed by atoms with E-state index in [1.165, 1.54) is 6.07 Å². The summed E-state index contributed by atoms with van der Waals surface area (Å²) in [6.07, 6.45) is 2.58. The predicted molar refractivity (Wildman–Crippen MR) is 138 cm³/mol. The molecule has 0 aliphatic heterocycles. The second kappa shape index (κ2) is 9.23. The number of pyridine rings is 1. The molecule has 0 saturated heterocycles. The third kappa shape index (κ3) is 4.37. The van der Waals surface area contributed by atoms with Gasteiger partial charge >= 0.3 is 0 Å². The van der Waals surface area contributed by atoms with Crippen molar-refractivity contribution in [3.63, 3.8) is 0 Å². The van der Waals surface area contributed by atoms with Crippen LogP contribution in [0, 0.1) is 12.7 Å². The standard InChI is InChI=1S/C28H24FN3OS/c1-3-19-11-18(4-9-26(19)33)14-30-22-13-23(20-6-8-25-27(12-20)34-16-32-25)28(31-15-22)21-5-7-24(29)17(2)10-21/h4-13,15-16,30,33H,3,14H2,1-2H3. The minimum Gasteiger partial charge on any atom is -0.508 e. The van der Waals surface area contributed by atoms with Crippen LogP contribution in [-0.2, 0) is 13.0 Å². The van der Waals surface area contributed by atoms with Gasteiger partial charge in [-0.2, -0.15) is 0 Å². The van der Waals surface area contributed by atoms with E-state index in [1.807, 2.05) is 42.9 Å². The fourth-order valence-electron chi connectivity index (χ4n) is 4.06. The molecule has 4 nitrogen and oxygen atoms in total. The summed E-state index contributed by atoms with van der Waals surface area (Å²) < 4.78 is 15.0. The van der Waals surface area contributed by atoms with Crippen molar-refractivity contribution in [2.24, 2.45) is 0 Å². The maximum atomic E-state index is 13.9. The van der Waals surface area contributed by atoms with Crippen LogP contribution in [0.3, 0.4) is 0 Å². The molecule has 2 N–H and O–H groups in total. The number of benzene rings is 3. The maximum absolute atomic E-state index is 13.9. The van der Waals surface area contributed by atoms with Crippen LogP contribution in [0.4, 0.5) is 10.1 Å². The van der Waals surface area contributed by atoms with E-state index in [-0.39, 0.29) is 5.82 Å². The Morgan fingerprint density at radius 1 is 0.971 bits per heavy atom. The summed E-state index contributed by atoms with van der Waals surface area (Å²) in [5, 5.41) is 13.4. The van der Waals surface area contributed by atoms with Gasteiger partial charge in [-0.3, -0.25) is 4.98 Å². The molecule has 0 saturated carbocycles. The Kier molecular flexibility index (Phi) is 5.99. The first kappa shape index (κ1) is 22.0. The molecule has 2 heterocycles. The van der Waals surface area contributed by atoms with E-state index >= 15 is 0 Å². The topological polar surface area (TPSA) is 58.0 Å². The van der Waals surface area contributed by atoms with Gasteiger partial charge in [-0.05, 0) is 78.1 Å². The lowest BCUT2D eigenvalue weighted by Gasteiger charge is -2.14. The van der Waals surface area contributed by atoms with Crippen molar-refractivity contribution in [1.82, 2.24) is 9.97 Å². The number of aromatic nitrogens is 2. The van der Waals surface area contributed by atoms with Gasteiger partial charge in [0.1, 0.15) is 11.6 Å². The van der Waals surface area contributed by atoms with E-state index in [4.69, 9.17) is 4.98 Å². The van der Waals surface area contributed by atoms with Gasteiger partial charge in [0, 0.05) is 17.7 Å². The van der Waals surface area contributed by atoms with Crippen LogP contribution in [0.15, 0.2) is 72.4 Å². The highest BCUT2D eigenvalue weighted by molar-refractivity contribution is 7.16. The highest BCUT2D eigenvalue weighted by Crippen LogP contribution is 2.35. The molecule has 5 aromatic rings. The Hall–Kier alpha value is -3.77. The number of aryl methyl sites for hydroxylation is 2. The number of nitrogens with one attached hydrogen (secondary N) is 1. The number of phenols is 1. The van der Waals surface area contributed by atoms with E-state index in [0.29, 0.717) is 17.9 Å². The van der Waals surface area contributed by atoms with Gasteiger partial charge < -0.3 is 10.4 Å². The number of rotatable bonds is 6. The lowest BCUT2D eigenvalue weighted by molar-refractivity contribution is 0.468. The fourth-order valence-corrected chi connectivity index (χ4v) is 4.78. The van der Waals surface area contributed by atoms with Crippen molar-refractivity contribution >= 4 is 27.2 Å². The summed E-state index contributed by atoms with van der Waals surface area (Å²) in [5.74, 6) is 0.0996. The van der Waals surface area contributed by atoms with E-state index in [9.17, 15) is 9.50 Å². The van der Waals surface area contributed by atoms with Crippen LogP contribution in [0.2, 0.25) is 0 Å². The normalized spacial score (nSPS) is 11.1. The second-order valence-electron chi connectivity index (χ2n) is 8.29. The van der Waals surface area contributed by atoms with Crippen LogP contribution in [-0.4, -0.2) is 15.1 Å². The summed E-state index contributed by atoms with van der Waals surface area (Å²) in [6.45, 7) is 4.40. The Morgan fingerprint density at radius 3 is 2.65 bits per heavy atom. The van der Waals surface area contributed by atoms with Crippen molar-refractivity contribution in [1.29, 1.82) is 0 Å². The summed E-state index contributed by atoms with van der Waals surface area (Å²) >= 11 is 1.60. The molecule has 0 bridgehead atoms. The smallest absolute Gasteiger partial charge is 0.126 e. The van der Waals surface area contributed by atoms with Crippen LogP contribution in [0.5, 0.6) is 5.75 Å². The molecule has 3 aromatic carbocycles. The molecule has 34 heavy (non-hydrogen) atoms. The zero-order valence-electron chi connectivity index (χ0n) is 19.0. The van der Waals surface area contributed by atoms with Crippen LogP contribution in [0.25, 0.3) is 32.6 Å². The molecule has 6 heteroatoms. The van der Waals surface area contributed by atoms with Gasteiger partial charge in [-0.1, -0.05) is 25.1 Å². The zero-order chi connectivity index (χ0) is 23.7. The number of hydrogen-bond donors (Lipinski definition) is 2. The molecule has 0 aliphatic rings. The molecule has 0 radical (unpaired) electrons. The Balaban J connectivity index is 1.54. The molecule has 2 aromatic heterocycles. The minimum absolute atomic E-state index is 0.227.